The molecule has 2 nitrogen and oxygen atoms in total. The van der Waals surface area contributed by atoms with E-state index < -0.39 is 0 Å². The van der Waals surface area contributed by atoms with E-state index in [0.29, 0.717) is 0 Å². The van der Waals surface area contributed by atoms with Gasteiger partial charge in [0.25, 0.3) is 0 Å². The molecule has 4 heteroatoms. The Labute approximate surface area is 132 Å². The highest BCUT2D eigenvalue weighted by Gasteiger charge is 2.20. The molecule has 1 aliphatic rings. The molecule has 0 radical (unpaired) electrons. The maximum Gasteiger partial charge on any atom is 0.0803 e. The molecule has 0 spiro atoms. The van der Waals surface area contributed by atoms with Gasteiger partial charge < -0.3 is 0 Å². The Hall–Kier alpha value is -0.680. The Morgan fingerprint density at radius 3 is 2.45 bits per heavy atom. The summed E-state index contributed by atoms with van der Waals surface area (Å²) in [6.07, 6.45) is 4.06. The average molecular weight is 351 g/mol. The SMILES string of the molecule is Cc1cc(C(NN)c2ccc(C3CCC3)cc2)sc1Br. The van der Waals surface area contributed by atoms with Gasteiger partial charge in [-0.05, 0) is 64.4 Å². The molecular formula is C16H19BrN2S. The molecule has 106 valence electrons. The molecule has 2 aromatic rings. The number of hydrogen-bond donors (Lipinski definition) is 2. The molecule has 1 aliphatic carbocycles. The lowest BCUT2D eigenvalue weighted by atomic mass is 9.80. The number of thiophene rings is 1. The van der Waals surface area contributed by atoms with E-state index in [9.17, 15) is 0 Å². The molecular weight excluding hydrogens is 332 g/mol. The third-order valence-electron chi connectivity index (χ3n) is 4.17. The highest BCUT2D eigenvalue weighted by Crippen LogP contribution is 2.38. The third-order valence-corrected chi connectivity index (χ3v) is 6.38. The molecule has 1 atom stereocenters. The summed E-state index contributed by atoms with van der Waals surface area (Å²) < 4.78 is 1.18. The van der Waals surface area contributed by atoms with Crippen molar-refractivity contribution >= 4 is 27.3 Å². The van der Waals surface area contributed by atoms with Crippen molar-refractivity contribution in [2.24, 2.45) is 5.84 Å². The summed E-state index contributed by atoms with van der Waals surface area (Å²) in [5, 5.41) is 0. The molecule has 1 aromatic carbocycles. The summed E-state index contributed by atoms with van der Waals surface area (Å²) in [5.41, 5.74) is 6.90. The Bertz CT molecular complexity index is 568. The van der Waals surface area contributed by atoms with Gasteiger partial charge in [-0.3, -0.25) is 5.84 Å². The number of hydrazine groups is 1. The zero-order valence-corrected chi connectivity index (χ0v) is 13.9. The number of rotatable bonds is 4. The fourth-order valence-electron chi connectivity index (χ4n) is 2.67. The first-order valence-corrected chi connectivity index (χ1v) is 8.62. The number of aryl methyl sites for hydroxylation is 1. The van der Waals surface area contributed by atoms with Crippen LogP contribution in [0.4, 0.5) is 0 Å². The van der Waals surface area contributed by atoms with Gasteiger partial charge in [-0.15, -0.1) is 11.3 Å². The van der Waals surface area contributed by atoms with Gasteiger partial charge in [0, 0.05) is 4.88 Å². The van der Waals surface area contributed by atoms with E-state index in [1.807, 2.05) is 0 Å². The molecule has 0 bridgehead atoms. The van der Waals surface area contributed by atoms with Crippen LogP contribution in [-0.2, 0) is 0 Å². The molecule has 0 aliphatic heterocycles. The van der Waals surface area contributed by atoms with Gasteiger partial charge in [-0.1, -0.05) is 30.7 Å². The van der Waals surface area contributed by atoms with E-state index in [1.54, 1.807) is 11.3 Å². The summed E-state index contributed by atoms with van der Waals surface area (Å²) in [6, 6.07) is 11.2. The smallest absolute Gasteiger partial charge is 0.0803 e. The van der Waals surface area contributed by atoms with Crippen molar-refractivity contribution in [3.63, 3.8) is 0 Å². The zero-order valence-electron chi connectivity index (χ0n) is 11.5. The minimum Gasteiger partial charge on any atom is -0.271 e. The van der Waals surface area contributed by atoms with E-state index in [0.717, 1.165) is 5.92 Å². The van der Waals surface area contributed by atoms with Crippen LogP contribution in [0.15, 0.2) is 34.1 Å². The lowest BCUT2D eigenvalue weighted by Crippen LogP contribution is -2.28. The van der Waals surface area contributed by atoms with Gasteiger partial charge in [-0.2, -0.15) is 0 Å². The molecule has 3 N–H and O–H groups in total. The van der Waals surface area contributed by atoms with Crippen molar-refractivity contribution in [1.82, 2.24) is 5.43 Å². The van der Waals surface area contributed by atoms with E-state index in [4.69, 9.17) is 5.84 Å². The standard InChI is InChI=1S/C16H19BrN2S/c1-10-9-14(20-16(10)17)15(19-18)13-7-5-12(6-8-13)11-3-2-4-11/h5-9,11,15,19H,2-4,18H2,1H3. The third kappa shape index (κ3) is 2.70. The fourth-order valence-corrected chi connectivity index (χ4v) is 4.33. The van der Waals surface area contributed by atoms with Crippen molar-refractivity contribution in [3.05, 3.63) is 55.7 Å². The minimum absolute atomic E-state index is 0.0699. The Morgan fingerprint density at radius 2 is 2.00 bits per heavy atom. The first kappa shape index (κ1) is 14.3. The lowest BCUT2D eigenvalue weighted by molar-refractivity contribution is 0.419. The molecule has 1 fully saturated rings. The van der Waals surface area contributed by atoms with Crippen LogP contribution >= 0.6 is 27.3 Å². The first-order valence-electron chi connectivity index (χ1n) is 7.01. The number of halogens is 1. The quantitative estimate of drug-likeness (QED) is 0.622. The molecule has 1 saturated carbocycles. The largest absolute Gasteiger partial charge is 0.271 e. The van der Waals surface area contributed by atoms with Crippen LogP contribution in [0.5, 0.6) is 0 Å². The zero-order chi connectivity index (χ0) is 14.1. The van der Waals surface area contributed by atoms with Crippen LogP contribution in [0.25, 0.3) is 0 Å². The fraction of sp³-hybridized carbons (Fsp3) is 0.375. The molecule has 1 heterocycles. The van der Waals surface area contributed by atoms with Crippen molar-refractivity contribution in [2.75, 3.05) is 0 Å². The Kier molecular flexibility index (Phi) is 4.26. The minimum atomic E-state index is 0.0699. The molecule has 3 rings (SSSR count). The Morgan fingerprint density at radius 1 is 1.30 bits per heavy atom. The van der Waals surface area contributed by atoms with Gasteiger partial charge in [0.05, 0.1) is 9.83 Å². The lowest BCUT2D eigenvalue weighted by Gasteiger charge is -2.26. The first-order chi connectivity index (χ1) is 9.69. The summed E-state index contributed by atoms with van der Waals surface area (Å²) >= 11 is 5.33. The van der Waals surface area contributed by atoms with Crippen molar-refractivity contribution in [2.45, 2.75) is 38.1 Å². The predicted octanol–water partition coefficient (Wildman–Crippen LogP) is 4.64. The van der Waals surface area contributed by atoms with Gasteiger partial charge in [0.15, 0.2) is 0 Å². The normalized spacial score (nSPS) is 16.9. The van der Waals surface area contributed by atoms with Crippen LogP contribution in [0, 0.1) is 6.92 Å². The highest BCUT2D eigenvalue weighted by molar-refractivity contribution is 9.11. The molecule has 20 heavy (non-hydrogen) atoms. The molecule has 0 amide bonds. The van der Waals surface area contributed by atoms with E-state index >= 15 is 0 Å². The molecule has 1 aromatic heterocycles. The van der Waals surface area contributed by atoms with Crippen LogP contribution in [0.2, 0.25) is 0 Å². The molecule has 0 saturated heterocycles. The number of nitrogens with two attached hydrogens (primary N) is 1. The van der Waals surface area contributed by atoms with Crippen molar-refractivity contribution in [1.29, 1.82) is 0 Å². The van der Waals surface area contributed by atoms with Crippen molar-refractivity contribution in [3.8, 4) is 0 Å². The summed E-state index contributed by atoms with van der Waals surface area (Å²) in [4.78, 5) is 1.24. The number of nitrogens with one attached hydrogen (secondary N) is 1. The van der Waals surface area contributed by atoms with Gasteiger partial charge >= 0.3 is 0 Å². The second-order valence-electron chi connectivity index (χ2n) is 5.50. The summed E-state index contributed by atoms with van der Waals surface area (Å²) in [5.74, 6) is 6.56. The van der Waals surface area contributed by atoms with Crippen LogP contribution in [-0.4, -0.2) is 0 Å². The number of hydrogen-bond acceptors (Lipinski definition) is 3. The summed E-state index contributed by atoms with van der Waals surface area (Å²) in [6.45, 7) is 2.11. The van der Waals surface area contributed by atoms with E-state index in [-0.39, 0.29) is 6.04 Å². The monoisotopic (exact) mass is 350 g/mol. The topological polar surface area (TPSA) is 38.0 Å². The van der Waals surface area contributed by atoms with E-state index in [2.05, 4.69) is 58.6 Å². The van der Waals surface area contributed by atoms with E-state index in [1.165, 1.54) is 44.6 Å². The summed E-state index contributed by atoms with van der Waals surface area (Å²) in [7, 11) is 0. The van der Waals surface area contributed by atoms with Crippen LogP contribution in [0.3, 0.4) is 0 Å². The highest BCUT2D eigenvalue weighted by atomic mass is 79.9. The second kappa shape index (κ2) is 5.98. The van der Waals surface area contributed by atoms with Crippen molar-refractivity contribution < 1.29 is 0 Å². The maximum absolute atomic E-state index is 5.77. The average Bonchev–Trinajstić information content (AvgIpc) is 2.70. The molecule has 1 unspecified atom stereocenters. The maximum atomic E-state index is 5.77. The van der Waals surface area contributed by atoms with Gasteiger partial charge in [0.1, 0.15) is 0 Å². The van der Waals surface area contributed by atoms with Gasteiger partial charge in [0.2, 0.25) is 0 Å². The van der Waals surface area contributed by atoms with Crippen LogP contribution in [0.1, 0.15) is 52.8 Å². The number of benzene rings is 1. The van der Waals surface area contributed by atoms with Gasteiger partial charge in [-0.25, -0.2) is 5.43 Å². The Balaban J connectivity index is 1.85. The van der Waals surface area contributed by atoms with Crippen LogP contribution < -0.4 is 11.3 Å². The predicted molar refractivity (Wildman–Crippen MR) is 89.0 cm³/mol. The second-order valence-corrected chi connectivity index (χ2v) is 7.90.